The van der Waals surface area contributed by atoms with E-state index in [9.17, 15) is 14.4 Å². The molecule has 0 aliphatic heterocycles. The summed E-state index contributed by atoms with van der Waals surface area (Å²) in [6.45, 7) is 3.35. The van der Waals surface area contributed by atoms with E-state index in [1.54, 1.807) is 18.5 Å². The molecule has 0 saturated carbocycles. The van der Waals surface area contributed by atoms with Crippen molar-refractivity contribution in [3.05, 3.63) is 76.1 Å². The zero-order valence-electron chi connectivity index (χ0n) is 19.8. The molecule has 1 aliphatic carbocycles. The molecule has 0 spiro atoms. The number of hydrogen-bond donors (Lipinski definition) is 0. The average Bonchev–Trinajstić information content (AvgIpc) is 2.90. The van der Waals surface area contributed by atoms with Gasteiger partial charge in [-0.1, -0.05) is 41.9 Å². The molecule has 8 nitrogen and oxygen atoms in total. The van der Waals surface area contributed by atoms with E-state index in [4.69, 9.17) is 32.7 Å². The van der Waals surface area contributed by atoms with Crippen molar-refractivity contribution >= 4 is 46.7 Å². The molecule has 0 N–H and O–H groups in total. The van der Waals surface area contributed by atoms with Crippen LogP contribution in [0.4, 0.5) is 5.69 Å². The minimum absolute atomic E-state index is 0.0487. The second-order valence-electron chi connectivity index (χ2n) is 7.90. The summed E-state index contributed by atoms with van der Waals surface area (Å²) in [6.07, 6.45) is 7.10. The van der Waals surface area contributed by atoms with Crippen molar-refractivity contribution in [1.82, 2.24) is 4.98 Å². The van der Waals surface area contributed by atoms with E-state index in [0.717, 1.165) is 18.4 Å². The van der Waals surface area contributed by atoms with Gasteiger partial charge in [-0.05, 0) is 43.4 Å². The number of rotatable bonds is 10. The Kier molecular flexibility index (Phi) is 9.90. The summed E-state index contributed by atoms with van der Waals surface area (Å²) in [5, 5.41) is 0.349. The Labute approximate surface area is 219 Å². The first-order valence-corrected chi connectivity index (χ1v) is 12.0. The lowest BCUT2D eigenvalue weighted by molar-refractivity contribution is -0.143. The number of benzene rings is 1. The van der Waals surface area contributed by atoms with Crippen LogP contribution in [0.15, 0.2) is 60.5 Å². The predicted molar refractivity (Wildman–Crippen MR) is 136 cm³/mol. The first-order chi connectivity index (χ1) is 17.3. The summed E-state index contributed by atoms with van der Waals surface area (Å²) in [5.41, 5.74) is 1.74. The summed E-state index contributed by atoms with van der Waals surface area (Å²) in [7, 11) is 1.24. The summed E-state index contributed by atoms with van der Waals surface area (Å²) < 4.78 is 15.4. The van der Waals surface area contributed by atoms with Gasteiger partial charge in [0.25, 0.3) is 5.91 Å². The Morgan fingerprint density at radius 2 is 1.89 bits per heavy atom. The SMILES string of the molecule is C=CCOC(=O)C1=C(C(=O)N(Cc2cccnc2)c2cc(OCC(=O)OC)c(Cl)cc2Cl)CCCC1. The van der Waals surface area contributed by atoms with Crippen LogP contribution in [0.2, 0.25) is 10.0 Å². The number of amides is 1. The molecular weight excluding hydrogens is 507 g/mol. The third-order valence-electron chi connectivity index (χ3n) is 5.48. The van der Waals surface area contributed by atoms with Crippen LogP contribution >= 0.6 is 23.2 Å². The van der Waals surface area contributed by atoms with Gasteiger partial charge in [0, 0.05) is 29.6 Å². The van der Waals surface area contributed by atoms with Crippen LogP contribution in [0, 0.1) is 0 Å². The summed E-state index contributed by atoms with van der Waals surface area (Å²) in [4.78, 5) is 43.8. The van der Waals surface area contributed by atoms with Crippen molar-refractivity contribution in [2.24, 2.45) is 0 Å². The number of halogens is 2. The fourth-order valence-corrected chi connectivity index (χ4v) is 4.26. The highest BCUT2D eigenvalue weighted by atomic mass is 35.5. The van der Waals surface area contributed by atoms with Crippen molar-refractivity contribution < 1.29 is 28.6 Å². The molecule has 36 heavy (non-hydrogen) atoms. The van der Waals surface area contributed by atoms with Crippen molar-refractivity contribution in [2.45, 2.75) is 32.2 Å². The minimum Gasteiger partial charge on any atom is -0.480 e. The molecule has 0 fully saturated rings. The molecule has 1 aromatic heterocycles. The van der Waals surface area contributed by atoms with Crippen LogP contribution in [-0.4, -0.2) is 43.2 Å². The standard InChI is InChI=1S/C26H26Cl2N2O6/c1-3-11-35-26(33)19-9-5-4-8-18(19)25(32)30(15-17-7-6-10-29-14-17)22-13-23(21(28)12-20(22)27)36-16-24(31)34-2/h3,6-7,10,12-14H,1,4-5,8-9,11,15-16H2,2H3. The largest absolute Gasteiger partial charge is 0.480 e. The first-order valence-electron chi connectivity index (χ1n) is 11.2. The number of methoxy groups -OCH3 is 1. The van der Waals surface area contributed by atoms with Gasteiger partial charge in [0.15, 0.2) is 6.61 Å². The number of carbonyl (C=O) groups is 3. The van der Waals surface area contributed by atoms with Crippen LogP contribution < -0.4 is 9.64 Å². The number of carbonyl (C=O) groups excluding carboxylic acids is 3. The molecule has 1 heterocycles. The molecule has 0 unspecified atom stereocenters. The number of esters is 2. The van der Waals surface area contributed by atoms with E-state index in [-0.39, 0.29) is 35.6 Å². The van der Waals surface area contributed by atoms with E-state index in [1.165, 1.54) is 30.2 Å². The summed E-state index contributed by atoms with van der Waals surface area (Å²) in [5.74, 6) is -1.38. The van der Waals surface area contributed by atoms with Gasteiger partial charge in [0.2, 0.25) is 0 Å². The van der Waals surface area contributed by atoms with Crippen LogP contribution in [0.25, 0.3) is 0 Å². The molecule has 1 amide bonds. The second kappa shape index (κ2) is 13.1. The first kappa shape index (κ1) is 27.2. The zero-order valence-corrected chi connectivity index (χ0v) is 21.3. The fourth-order valence-electron chi connectivity index (χ4n) is 3.72. The highest BCUT2D eigenvalue weighted by Crippen LogP contribution is 2.39. The quantitative estimate of drug-likeness (QED) is 0.311. The van der Waals surface area contributed by atoms with E-state index >= 15 is 0 Å². The zero-order chi connectivity index (χ0) is 26.1. The molecular formula is C26H26Cl2N2O6. The summed E-state index contributed by atoms with van der Waals surface area (Å²) in [6, 6.07) is 6.49. The van der Waals surface area contributed by atoms with Crippen LogP contribution in [0.3, 0.4) is 0 Å². The maximum absolute atomic E-state index is 14.0. The van der Waals surface area contributed by atoms with Crippen LogP contribution in [-0.2, 0) is 30.4 Å². The molecule has 0 bridgehead atoms. The van der Waals surface area contributed by atoms with Crippen LogP contribution in [0.5, 0.6) is 5.75 Å². The van der Waals surface area contributed by atoms with Gasteiger partial charge in [-0.2, -0.15) is 0 Å². The Morgan fingerprint density at radius 3 is 2.56 bits per heavy atom. The van der Waals surface area contributed by atoms with Gasteiger partial charge in [-0.15, -0.1) is 0 Å². The second-order valence-corrected chi connectivity index (χ2v) is 8.72. The third-order valence-corrected chi connectivity index (χ3v) is 6.08. The lowest BCUT2D eigenvalue weighted by Gasteiger charge is -2.28. The Bertz CT molecular complexity index is 1170. The van der Waals surface area contributed by atoms with Crippen molar-refractivity contribution in [3.63, 3.8) is 0 Å². The molecule has 0 radical (unpaired) electrons. The maximum atomic E-state index is 14.0. The molecule has 1 aliphatic rings. The van der Waals surface area contributed by atoms with Crippen molar-refractivity contribution in [2.75, 3.05) is 25.2 Å². The molecule has 3 rings (SSSR count). The van der Waals surface area contributed by atoms with Crippen molar-refractivity contribution in [1.29, 1.82) is 0 Å². The molecule has 0 saturated heterocycles. The topological polar surface area (TPSA) is 95.0 Å². The van der Waals surface area contributed by atoms with Crippen molar-refractivity contribution in [3.8, 4) is 5.75 Å². The van der Waals surface area contributed by atoms with Gasteiger partial charge in [0.1, 0.15) is 12.4 Å². The molecule has 1 aromatic carbocycles. The predicted octanol–water partition coefficient (Wildman–Crippen LogP) is 5.07. The molecule has 190 valence electrons. The average molecular weight is 533 g/mol. The fraction of sp³-hybridized carbons (Fsp3) is 0.308. The highest BCUT2D eigenvalue weighted by Gasteiger charge is 2.30. The van der Waals surface area contributed by atoms with Gasteiger partial charge < -0.3 is 19.1 Å². The summed E-state index contributed by atoms with van der Waals surface area (Å²) >= 11 is 12.8. The molecule has 0 atom stereocenters. The third kappa shape index (κ3) is 6.86. The highest BCUT2D eigenvalue weighted by molar-refractivity contribution is 6.37. The van der Waals surface area contributed by atoms with E-state index in [2.05, 4.69) is 16.3 Å². The lowest BCUT2D eigenvalue weighted by atomic mass is 9.90. The smallest absolute Gasteiger partial charge is 0.343 e. The van der Waals surface area contributed by atoms with Gasteiger partial charge in [0.05, 0.1) is 29.4 Å². The number of pyridine rings is 1. The molecule has 2 aromatic rings. The van der Waals surface area contributed by atoms with Gasteiger partial charge in [-0.3, -0.25) is 9.78 Å². The van der Waals surface area contributed by atoms with E-state index < -0.39 is 17.8 Å². The number of ether oxygens (including phenoxy) is 3. The Morgan fingerprint density at radius 1 is 1.14 bits per heavy atom. The minimum atomic E-state index is -0.596. The lowest BCUT2D eigenvalue weighted by Crippen LogP contribution is -2.34. The van der Waals surface area contributed by atoms with Gasteiger partial charge in [-0.25, -0.2) is 9.59 Å². The number of hydrogen-bond acceptors (Lipinski definition) is 7. The Hall–Kier alpha value is -3.36. The molecule has 10 heteroatoms. The normalized spacial score (nSPS) is 13.1. The monoisotopic (exact) mass is 532 g/mol. The van der Waals surface area contributed by atoms with E-state index in [0.29, 0.717) is 29.7 Å². The number of aromatic nitrogens is 1. The number of anilines is 1. The van der Waals surface area contributed by atoms with E-state index in [1.807, 2.05) is 6.07 Å². The maximum Gasteiger partial charge on any atom is 0.343 e. The Balaban J connectivity index is 2.06. The number of nitrogens with zero attached hydrogens (tertiary/aromatic N) is 2. The van der Waals surface area contributed by atoms with Gasteiger partial charge >= 0.3 is 11.9 Å². The van der Waals surface area contributed by atoms with Crippen LogP contribution in [0.1, 0.15) is 31.2 Å².